The molecule has 0 spiro atoms. The van der Waals surface area contributed by atoms with Gasteiger partial charge in [-0.25, -0.2) is 9.59 Å². The van der Waals surface area contributed by atoms with Crippen LogP contribution in [0.4, 0.5) is 4.79 Å². The number of nitrogens with two attached hydrogens (primary N) is 1. The molecular weight excluding hydrogens is 404 g/mol. The molecule has 0 bridgehead atoms. The maximum Gasteiger partial charge on any atom is 0.408 e. The summed E-state index contributed by atoms with van der Waals surface area (Å²) in [5.74, 6) is -1.77. The molecule has 0 aliphatic carbocycles. The van der Waals surface area contributed by atoms with E-state index < -0.39 is 41.7 Å². The number of rotatable bonds is 11. The van der Waals surface area contributed by atoms with Crippen molar-refractivity contribution in [2.24, 2.45) is 5.73 Å². The predicted octanol–water partition coefficient (Wildman–Crippen LogP) is 2.60. The van der Waals surface area contributed by atoms with Crippen LogP contribution < -0.4 is 11.1 Å². The van der Waals surface area contributed by atoms with Crippen LogP contribution in [0.25, 0.3) is 0 Å². The van der Waals surface area contributed by atoms with Gasteiger partial charge in [-0.15, -0.1) is 0 Å². The number of amides is 2. The molecule has 0 aromatic heterocycles. The number of esters is 2. The van der Waals surface area contributed by atoms with E-state index >= 15 is 0 Å². The van der Waals surface area contributed by atoms with E-state index in [1.807, 2.05) is 30.3 Å². The topological polar surface area (TPSA) is 134 Å². The summed E-state index contributed by atoms with van der Waals surface area (Å²) >= 11 is 0. The van der Waals surface area contributed by atoms with Gasteiger partial charge in [0.15, 0.2) is 0 Å². The molecule has 172 valence electrons. The van der Waals surface area contributed by atoms with Crippen molar-refractivity contribution < 1.29 is 33.4 Å². The fourth-order valence-electron chi connectivity index (χ4n) is 2.56. The van der Waals surface area contributed by atoms with E-state index in [1.165, 1.54) is 6.92 Å². The van der Waals surface area contributed by atoms with Crippen LogP contribution in [0.1, 0.15) is 58.9 Å². The summed E-state index contributed by atoms with van der Waals surface area (Å²) in [7, 11) is 0. The van der Waals surface area contributed by atoms with Gasteiger partial charge in [0.2, 0.25) is 5.91 Å². The molecule has 2 atom stereocenters. The van der Waals surface area contributed by atoms with Gasteiger partial charge in [0, 0.05) is 6.42 Å². The van der Waals surface area contributed by atoms with E-state index in [9.17, 15) is 19.2 Å². The lowest BCUT2D eigenvalue weighted by atomic mass is 10.1. The van der Waals surface area contributed by atoms with Crippen molar-refractivity contribution >= 4 is 23.9 Å². The van der Waals surface area contributed by atoms with Gasteiger partial charge in [-0.3, -0.25) is 9.59 Å². The fourth-order valence-corrected chi connectivity index (χ4v) is 2.56. The normalized spacial score (nSPS) is 12.9. The summed E-state index contributed by atoms with van der Waals surface area (Å²) in [6.45, 7) is 6.76. The molecule has 0 aliphatic heterocycles. The van der Waals surface area contributed by atoms with Crippen LogP contribution in [-0.4, -0.2) is 41.7 Å². The number of primary amides is 1. The van der Waals surface area contributed by atoms with Gasteiger partial charge in [-0.2, -0.15) is 0 Å². The maximum atomic E-state index is 12.5. The average molecular weight is 437 g/mol. The fraction of sp³-hybridized carbons (Fsp3) is 0.545. The Kier molecular flexibility index (Phi) is 10.5. The van der Waals surface area contributed by atoms with Crippen molar-refractivity contribution in [3.05, 3.63) is 35.9 Å². The molecule has 2 amide bonds. The number of alkyl carbamates (subject to hydrolysis) is 1. The van der Waals surface area contributed by atoms with E-state index in [4.69, 9.17) is 19.9 Å². The van der Waals surface area contributed by atoms with Crippen LogP contribution >= 0.6 is 0 Å². The number of ether oxygens (including phenoxy) is 3. The molecule has 9 heteroatoms. The predicted molar refractivity (Wildman–Crippen MR) is 113 cm³/mol. The lowest BCUT2D eigenvalue weighted by Gasteiger charge is -2.23. The standard InChI is InChI=1S/C22H32N2O7/c1-15(13-18(23)25)30-20(27)17(24-21(28)31-22(2,3)4)11-8-12-19(26)29-14-16-9-6-5-7-10-16/h5-7,9-10,15,17H,8,11-14H2,1-4H3,(H2,23,25)(H,24,28)/t15-,17-/m0/s1. The second-order valence-electron chi connectivity index (χ2n) is 8.16. The zero-order valence-corrected chi connectivity index (χ0v) is 18.5. The van der Waals surface area contributed by atoms with Crippen LogP contribution in [0.2, 0.25) is 0 Å². The molecule has 0 aliphatic rings. The molecule has 0 radical (unpaired) electrons. The highest BCUT2D eigenvalue weighted by Crippen LogP contribution is 2.11. The first-order valence-corrected chi connectivity index (χ1v) is 10.1. The first kappa shape index (κ1) is 25.9. The third kappa shape index (κ3) is 12.2. The van der Waals surface area contributed by atoms with Crippen molar-refractivity contribution in [3.63, 3.8) is 0 Å². The van der Waals surface area contributed by atoms with Crippen LogP contribution in [-0.2, 0) is 35.2 Å². The SMILES string of the molecule is C[C@@H](CC(N)=O)OC(=O)[C@H](CCCC(=O)OCc1ccccc1)NC(=O)OC(C)(C)C. The zero-order chi connectivity index (χ0) is 23.4. The van der Waals surface area contributed by atoms with Crippen LogP contribution in [0.15, 0.2) is 30.3 Å². The molecule has 0 saturated carbocycles. The molecule has 1 rings (SSSR count). The summed E-state index contributed by atoms with van der Waals surface area (Å²) in [6, 6.07) is 8.20. The van der Waals surface area contributed by atoms with Gasteiger partial charge >= 0.3 is 18.0 Å². The van der Waals surface area contributed by atoms with Gasteiger partial charge in [-0.1, -0.05) is 30.3 Å². The Morgan fingerprint density at radius 3 is 2.32 bits per heavy atom. The summed E-state index contributed by atoms with van der Waals surface area (Å²) < 4.78 is 15.6. The van der Waals surface area contributed by atoms with Crippen LogP contribution in [0.3, 0.4) is 0 Å². The lowest BCUT2D eigenvalue weighted by molar-refractivity contribution is -0.152. The average Bonchev–Trinajstić information content (AvgIpc) is 2.64. The lowest BCUT2D eigenvalue weighted by Crippen LogP contribution is -2.45. The molecule has 0 heterocycles. The number of carbonyl (C=O) groups excluding carboxylic acids is 4. The highest BCUT2D eigenvalue weighted by Gasteiger charge is 2.27. The van der Waals surface area contributed by atoms with Crippen molar-refractivity contribution in [2.45, 2.75) is 77.7 Å². The summed E-state index contributed by atoms with van der Waals surface area (Å²) in [5, 5.41) is 2.46. The molecule has 31 heavy (non-hydrogen) atoms. The first-order valence-electron chi connectivity index (χ1n) is 10.1. The van der Waals surface area contributed by atoms with E-state index in [0.29, 0.717) is 0 Å². The largest absolute Gasteiger partial charge is 0.461 e. The van der Waals surface area contributed by atoms with Gasteiger partial charge in [0.1, 0.15) is 24.4 Å². The Balaban J connectivity index is 2.59. The van der Waals surface area contributed by atoms with E-state index in [2.05, 4.69) is 5.32 Å². The minimum atomic E-state index is -1.05. The molecule has 0 fully saturated rings. The Bertz CT molecular complexity index is 744. The summed E-state index contributed by atoms with van der Waals surface area (Å²) in [5.41, 5.74) is 5.22. The third-order valence-corrected chi connectivity index (χ3v) is 3.90. The molecular formula is C22H32N2O7. The van der Waals surface area contributed by atoms with Gasteiger partial charge < -0.3 is 25.3 Å². The quantitative estimate of drug-likeness (QED) is 0.402. The van der Waals surface area contributed by atoms with Gasteiger partial charge in [0.25, 0.3) is 0 Å². The Morgan fingerprint density at radius 2 is 1.74 bits per heavy atom. The van der Waals surface area contributed by atoms with Crippen molar-refractivity contribution in [3.8, 4) is 0 Å². The Hall–Kier alpha value is -3.10. The summed E-state index contributed by atoms with van der Waals surface area (Å²) in [6.07, 6.45) is -1.22. The van der Waals surface area contributed by atoms with Crippen LogP contribution in [0.5, 0.6) is 0 Å². The molecule has 0 unspecified atom stereocenters. The van der Waals surface area contributed by atoms with Gasteiger partial charge in [0.05, 0.1) is 6.42 Å². The number of carbonyl (C=O) groups is 4. The Labute approximate surface area is 182 Å². The molecule has 1 aromatic carbocycles. The highest BCUT2D eigenvalue weighted by atomic mass is 16.6. The van der Waals surface area contributed by atoms with Crippen molar-refractivity contribution in [1.82, 2.24) is 5.32 Å². The minimum absolute atomic E-state index is 0.0590. The molecule has 9 nitrogen and oxygen atoms in total. The number of hydrogen-bond acceptors (Lipinski definition) is 7. The van der Waals surface area contributed by atoms with E-state index in [0.717, 1.165) is 5.56 Å². The molecule has 3 N–H and O–H groups in total. The Morgan fingerprint density at radius 1 is 1.10 bits per heavy atom. The smallest absolute Gasteiger partial charge is 0.408 e. The number of hydrogen-bond donors (Lipinski definition) is 2. The molecule has 1 aromatic rings. The zero-order valence-electron chi connectivity index (χ0n) is 18.5. The minimum Gasteiger partial charge on any atom is -0.461 e. The van der Waals surface area contributed by atoms with Crippen LogP contribution in [0, 0.1) is 0 Å². The van der Waals surface area contributed by atoms with Crippen molar-refractivity contribution in [1.29, 1.82) is 0 Å². The van der Waals surface area contributed by atoms with E-state index in [-0.39, 0.29) is 32.3 Å². The second kappa shape index (κ2) is 12.6. The third-order valence-electron chi connectivity index (χ3n) is 3.90. The first-order chi connectivity index (χ1) is 14.5. The van der Waals surface area contributed by atoms with Crippen molar-refractivity contribution in [2.75, 3.05) is 0 Å². The monoisotopic (exact) mass is 436 g/mol. The molecule has 0 saturated heterocycles. The summed E-state index contributed by atoms with van der Waals surface area (Å²) in [4.78, 5) is 47.5. The number of nitrogens with one attached hydrogen (secondary N) is 1. The highest BCUT2D eigenvalue weighted by molar-refractivity contribution is 5.82. The second-order valence-corrected chi connectivity index (χ2v) is 8.16. The van der Waals surface area contributed by atoms with Gasteiger partial charge in [-0.05, 0) is 46.1 Å². The number of benzene rings is 1. The van der Waals surface area contributed by atoms with E-state index in [1.54, 1.807) is 20.8 Å². The maximum absolute atomic E-state index is 12.5.